The molecule has 2 aromatic rings. The van der Waals surface area contributed by atoms with Crippen LogP contribution in [0, 0.1) is 0 Å². The summed E-state index contributed by atoms with van der Waals surface area (Å²) in [5, 5.41) is 18.8. The largest absolute Gasteiger partial charge is 0.507 e. The van der Waals surface area contributed by atoms with Crippen molar-refractivity contribution in [2.45, 2.75) is 0 Å². The van der Waals surface area contributed by atoms with E-state index in [-0.39, 0.29) is 27.2 Å². The molecule has 0 spiro atoms. The summed E-state index contributed by atoms with van der Waals surface area (Å²) in [5.74, 6) is -0.978. The zero-order chi connectivity index (χ0) is 20.4. The number of thioether (sulfide) groups is 1. The molecule has 0 bridgehead atoms. The van der Waals surface area contributed by atoms with Crippen LogP contribution in [-0.2, 0) is 4.79 Å². The van der Waals surface area contributed by atoms with Gasteiger partial charge in [0.15, 0.2) is 15.8 Å². The van der Waals surface area contributed by atoms with Crippen LogP contribution < -0.4 is 14.4 Å². The van der Waals surface area contributed by atoms with E-state index in [9.17, 15) is 14.7 Å². The van der Waals surface area contributed by atoms with E-state index in [0.717, 1.165) is 17.3 Å². The van der Waals surface area contributed by atoms with Crippen molar-refractivity contribution in [3.05, 3.63) is 52.4 Å². The lowest BCUT2D eigenvalue weighted by Crippen LogP contribution is -2.27. The number of carboxylic acid groups (broad SMARTS) is 1. The molecule has 3 rings (SSSR count). The third-order valence-electron chi connectivity index (χ3n) is 3.97. The number of thiocarbonyl (C=S) groups is 1. The van der Waals surface area contributed by atoms with Crippen molar-refractivity contribution in [2.24, 2.45) is 0 Å². The van der Waals surface area contributed by atoms with Gasteiger partial charge in [0, 0.05) is 0 Å². The number of aromatic hydroxyl groups is 1. The summed E-state index contributed by atoms with van der Waals surface area (Å²) in [7, 11) is 3.05. The summed E-state index contributed by atoms with van der Waals surface area (Å²) in [6.45, 7) is 0. The summed E-state index contributed by atoms with van der Waals surface area (Å²) in [6, 6.07) is 9.10. The smallest absolute Gasteiger partial charge is 0.339 e. The Hall–Kier alpha value is -3.04. The van der Waals surface area contributed by atoms with Crippen LogP contribution in [-0.4, -0.2) is 40.6 Å². The maximum atomic E-state index is 12.8. The van der Waals surface area contributed by atoms with Gasteiger partial charge in [0.2, 0.25) is 0 Å². The van der Waals surface area contributed by atoms with Crippen molar-refractivity contribution < 1.29 is 29.3 Å². The molecule has 1 heterocycles. The van der Waals surface area contributed by atoms with Crippen molar-refractivity contribution in [2.75, 3.05) is 19.1 Å². The fraction of sp³-hybridized carbons (Fsp3) is 0.105. The van der Waals surface area contributed by atoms with Gasteiger partial charge < -0.3 is 19.7 Å². The molecule has 1 aliphatic rings. The molecule has 2 N–H and O–H groups in total. The molecule has 7 nitrogen and oxygen atoms in total. The van der Waals surface area contributed by atoms with Crippen molar-refractivity contribution in [1.82, 2.24) is 0 Å². The normalized spacial score (nSPS) is 15.2. The lowest BCUT2D eigenvalue weighted by molar-refractivity contribution is -0.113. The number of hydrogen-bond donors (Lipinski definition) is 2. The topological polar surface area (TPSA) is 96.3 Å². The van der Waals surface area contributed by atoms with Crippen molar-refractivity contribution in [1.29, 1.82) is 0 Å². The van der Waals surface area contributed by atoms with Gasteiger partial charge in [0.25, 0.3) is 5.91 Å². The molecule has 28 heavy (non-hydrogen) atoms. The number of aromatic carboxylic acids is 1. The number of rotatable bonds is 5. The van der Waals surface area contributed by atoms with Crippen LogP contribution in [0.2, 0.25) is 0 Å². The van der Waals surface area contributed by atoms with Gasteiger partial charge in [-0.15, -0.1) is 0 Å². The molecule has 1 aliphatic heterocycles. The molecule has 9 heteroatoms. The Kier molecular flexibility index (Phi) is 5.57. The summed E-state index contributed by atoms with van der Waals surface area (Å²) in [4.78, 5) is 25.7. The zero-order valence-corrected chi connectivity index (χ0v) is 16.5. The molecule has 0 saturated carbocycles. The number of hydrogen-bond acceptors (Lipinski definition) is 7. The van der Waals surface area contributed by atoms with Crippen LogP contribution in [0.1, 0.15) is 15.9 Å². The lowest BCUT2D eigenvalue weighted by atomic mass is 10.1. The number of carboxylic acids is 1. The first-order chi connectivity index (χ1) is 13.3. The Labute approximate surface area is 170 Å². The molecule has 144 valence electrons. The Morgan fingerprint density at radius 2 is 1.86 bits per heavy atom. The maximum absolute atomic E-state index is 12.8. The van der Waals surface area contributed by atoms with Crippen molar-refractivity contribution >= 4 is 51.9 Å². The lowest BCUT2D eigenvalue weighted by Gasteiger charge is -2.15. The van der Waals surface area contributed by atoms with E-state index in [1.807, 2.05) is 0 Å². The summed E-state index contributed by atoms with van der Waals surface area (Å²) in [6.07, 6.45) is 1.67. The molecule has 0 atom stereocenters. The van der Waals surface area contributed by atoms with E-state index in [2.05, 4.69) is 0 Å². The van der Waals surface area contributed by atoms with Gasteiger partial charge in [-0.1, -0.05) is 30.0 Å². The monoisotopic (exact) mass is 417 g/mol. The fourth-order valence-electron chi connectivity index (χ4n) is 2.62. The Balaban J connectivity index is 1.95. The van der Waals surface area contributed by atoms with Crippen LogP contribution in [0.4, 0.5) is 5.69 Å². The maximum Gasteiger partial charge on any atom is 0.339 e. The molecule has 0 radical (unpaired) electrons. The minimum atomic E-state index is -1.30. The number of ether oxygens (including phenoxy) is 2. The van der Waals surface area contributed by atoms with Crippen LogP contribution in [0.3, 0.4) is 0 Å². The van der Waals surface area contributed by atoms with Gasteiger partial charge in [-0.2, -0.15) is 0 Å². The fourth-order valence-corrected chi connectivity index (χ4v) is 3.92. The van der Waals surface area contributed by atoms with Crippen LogP contribution in [0.5, 0.6) is 17.2 Å². The minimum Gasteiger partial charge on any atom is -0.507 e. The number of carbonyl (C=O) groups is 2. The second-order valence-corrected chi connectivity index (χ2v) is 7.31. The number of amides is 1. The average Bonchev–Trinajstić information content (AvgIpc) is 2.95. The molecule has 1 saturated heterocycles. The summed E-state index contributed by atoms with van der Waals surface area (Å²) < 4.78 is 10.7. The third-order valence-corrected chi connectivity index (χ3v) is 5.27. The van der Waals surface area contributed by atoms with Crippen molar-refractivity contribution in [3.8, 4) is 17.2 Å². The van der Waals surface area contributed by atoms with E-state index in [4.69, 9.17) is 26.8 Å². The number of phenols is 1. The van der Waals surface area contributed by atoms with E-state index in [1.165, 1.54) is 37.3 Å². The van der Waals surface area contributed by atoms with Crippen LogP contribution >= 0.6 is 24.0 Å². The second-order valence-electron chi connectivity index (χ2n) is 5.64. The molecule has 2 aromatic carbocycles. The Morgan fingerprint density at radius 3 is 2.50 bits per heavy atom. The highest BCUT2D eigenvalue weighted by Gasteiger charge is 2.34. The van der Waals surface area contributed by atoms with E-state index >= 15 is 0 Å². The number of methoxy groups -OCH3 is 2. The van der Waals surface area contributed by atoms with E-state index in [0.29, 0.717) is 16.4 Å². The molecular weight excluding hydrogens is 402 g/mol. The van der Waals surface area contributed by atoms with Gasteiger partial charge in [0.05, 0.1) is 24.8 Å². The highest BCUT2D eigenvalue weighted by Crippen LogP contribution is 2.38. The molecule has 1 fully saturated rings. The SMILES string of the molecule is COc1ccc(/C=C2\SC(=S)N(c3ccc(O)c(C(=O)O)c3)C2=O)cc1OC. The molecule has 0 unspecified atom stereocenters. The Bertz CT molecular complexity index is 1020. The molecule has 1 amide bonds. The number of carbonyl (C=O) groups excluding carboxylic acids is 1. The first-order valence-electron chi connectivity index (χ1n) is 7.92. The van der Waals surface area contributed by atoms with E-state index < -0.39 is 5.97 Å². The number of anilines is 1. The zero-order valence-electron chi connectivity index (χ0n) is 14.8. The summed E-state index contributed by atoms with van der Waals surface area (Å²) >= 11 is 6.40. The second kappa shape index (κ2) is 7.91. The van der Waals surface area contributed by atoms with Gasteiger partial charge in [-0.3, -0.25) is 9.69 Å². The van der Waals surface area contributed by atoms with Crippen LogP contribution in [0.15, 0.2) is 41.3 Å². The molecular formula is C19H15NO6S2. The average molecular weight is 417 g/mol. The van der Waals surface area contributed by atoms with E-state index in [1.54, 1.807) is 24.3 Å². The highest BCUT2D eigenvalue weighted by molar-refractivity contribution is 8.27. The first-order valence-corrected chi connectivity index (χ1v) is 9.14. The van der Waals surface area contributed by atoms with Gasteiger partial charge in [-0.25, -0.2) is 4.79 Å². The summed E-state index contributed by atoms with van der Waals surface area (Å²) in [5.41, 5.74) is 0.680. The van der Waals surface area contributed by atoms with Crippen molar-refractivity contribution in [3.63, 3.8) is 0 Å². The van der Waals surface area contributed by atoms with Gasteiger partial charge in [0.1, 0.15) is 11.3 Å². The Morgan fingerprint density at radius 1 is 1.14 bits per heavy atom. The standard InChI is InChI=1S/C19H15NO6S2/c1-25-14-6-3-10(7-15(14)26-2)8-16-17(22)20(19(27)28-16)11-4-5-13(21)12(9-11)18(23)24/h3-9,21H,1-2H3,(H,23,24)/b16-8-. The van der Waals surface area contributed by atoms with Gasteiger partial charge in [-0.05, 0) is 42.0 Å². The predicted octanol–water partition coefficient (Wildman–Crippen LogP) is 3.51. The third kappa shape index (κ3) is 3.67. The van der Waals surface area contributed by atoms with Crippen LogP contribution in [0.25, 0.3) is 6.08 Å². The minimum absolute atomic E-state index is 0.263. The molecule has 0 aromatic heterocycles. The number of nitrogens with zero attached hydrogens (tertiary/aromatic N) is 1. The number of benzene rings is 2. The molecule has 0 aliphatic carbocycles. The first kappa shape index (κ1) is 19.7. The quantitative estimate of drug-likeness (QED) is 0.564. The highest BCUT2D eigenvalue weighted by atomic mass is 32.2. The van der Waals surface area contributed by atoms with Gasteiger partial charge >= 0.3 is 5.97 Å². The predicted molar refractivity (Wildman–Crippen MR) is 110 cm³/mol.